The molecule has 0 aliphatic carbocycles. The predicted molar refractivity (Wildman–Crippen MR) is 93.0 cm³/mol. The van der Waals surface area contributed by atoms with Gasteiger partial charge < -0.3 is 19.9 Å². The Labute approximate surface area is 137 Å². The molecule has 6 heteroatoms. The van der Waals surface area contributed by atoms with Gasteiger partial charge in [-0.1, -0.05) is 0 Å². The van der Waals surface area contributed by atoms with Crippen LogP contribution in [0.4, 0.5) is 5.00 Å². The molecule has 1 unspecified atom stereocenters. The van der Waals surface area contributed by atoms with Gasteiger partial charge in [-0.2, -0.15) is 0 Å². The molecule has 0 saturated carbocycles. The van der Waals surface area contributed by atoms with Crippen molar-refractivity contribution in [3.8, 4) is 0 Å². The lowest BCUT2D eigenvalue weighted by molar-refractivity contribution is 0.187. The highest BCUT2D eigenvalue weighted by Crippen LogP contribution is 2.22. The highest BCUT2D eigenvalue weighted by molar-refractivity contribution is 7.14. The van der Waals surface area contributed by atoms with Crippen LogP contribution in [0.3, 0.4) is 0 Å². The average Bonchev–Trinajstić information content (AvgIpc) is 3.25. The zero-order valence-corrected chi connectivity index (χ0v) is 14.1. The topological polar surface area (TPSA) is 40.1 Å². The summed E-state index contributed by atoms with van der Waals surface area (Å²) in [5.74, 6) is 1.67. The highest BCUT2D eigenvalue weighted by atomic mass is 32.1. The Kier molecular flexibility index (Phi) is 5.56. The number of nitrogens with one attached hydrogen (secondary N) is 1. The number of nitrogens with zero attached hydrogens (tertiary/aromatic N) is 3. The molecule has 0 amide bonds. The number of thiophene rings is 1. The molecule has 2 fully saturated rings. The zero-order chi connectivity index (χ0) is 15.2. The maximum absolute atomic E-state index is 5.44. The summed E-state index contributed by atoms with van der Waals surface area (Å²) in [6.45, 7) is 9.91. The van der Waals surface area contributed by atoms with E-state index in [1.54, 1.807) is 0 Å². The van der Waals surface area contributed by atoms with Crippen LogP contribution in [-0.4, -0.2) is 63.3 Å². The second-order valence-electron chi connectivity index (χ2n) is 5.85. The minimum Gasteiger partial charge on any atom is -0.381 e. The van der Waals surface area contributed by atoms with Gasteiger partial charge in [-0.25, -0.2) is 0 Å². The summed E-state index contributed by atoms with van der Waals surface area (Å²) in [6, 6.07) is 4.33. The molecule has 1 aromatic rings. The van der Waals surface area contributed by atoms with Crippen molar-refractivity contribution in [3.63, 3.8) is 0 Å². The second-order valence-corrected chi connectivity index (χ2v) is 6.78. The van der Waals surface area contributed by atoms with E-state index in [0.29, 0.717) is 5.92 Å². The van der Waals surface area contributed by atoms with Gasteiger partial charge in [0.25, 0.3) is 0 Å². The summed E-state index contributed by atoms with van der Waals surface area (Å²) in [5, 5.41) is 6.97. The van der Waals surface area contributed by atoms with Crippen LogP contribution in [0.15, 0.2) is 22.5 Å². The van der Waals surface area contributed by atoms with Gasteiger partial charge in [-0.3, -0.25) is 4.99 Å². The van der Waals surface area contributed by atoms with Gasteiger partial charge in [-0.15, -0.1) is 11.3 Å². The summed E-state index contributed by atoms with van der Waals surface area (Å²) in [4.78, 5) is 9.70. The Bertz CT molecular complexity index is 463. The zero-order valence-electron chi connectivity index (χ0n) is 13.3. The first-order valence-corrected chi connectivity index (χ1v) is 9.14. The minimum atomic E-state index is 0.598. The Morgan fingerprint density at radius 2 is 2.27 bits per heavy atom. The standard InChI is InChI=1S/C16H26N4OS/c1-2-17-16(18-12-14-5-10-21-13-14)20-8-6-19(7-9-20)15-4-3-11-22-15/h3-4,11,14H,2,5-10,12-13H2,1H3,(H,17,18). The van der Waals surface area contributed by atoms with E-state index >= 15 is 0 Å². The molecule has 122 valence electrons. The lowest BCUT2D eigenvalue weighted by Gasteiger charge is -2.37. The predicted octanol–water partition coefficient (Wildman–Crippen LogP) is 1.87. The van der Waals surface area contributed by atoms with Gasteiger partial charge in [0.05, 0.1) is 11.6 Å². The molecular formula is C16H26N4OS. The number of rotatable bonds is 4. The molecule has 2 aliphatic heterocycles. The second kappa shape index (κ2) is 7.83. The Hall–Kier alpha value is -1.27. The van der Waals surface area contributed by atoms with E-state index in [9.17, 15) is 0 Å². The van der Waals surface area contributed by atoms with Gasteiger partial charge in [0, 0.05) is 51.8 Å². The van der Waals surface area contributed by atoms with Gasteiger partial charge in [-0.05, 0) is 30.9 Å². The molecule has 5 nitrogen and oxygen atoms in total. The minimum absolute atomic E-state index is 0.598. The molecule has 2 aliphatic rings. The van der Waals surface area contributed by atoms with Crippen molar-refractivity contribution < 1.29 is 4.74 Å². The average molecular weight is 322 g/mol. The van der Waals surface area contributed by atoms with Gasteiger partial charge in [0.15, 0.2) is 5.96 Å². The largest absolute Gasteiger partial charge is 0.381 e. The first-order chi connectivity index (χ1) is 10.9. The van der Waals surface area contributed by atoms with E-state index in [4.69, 9.17) is 9.73 Å². The molecule has 3 heterocycles. The maximum Gasteiger partial charge on any atom is 0.194 e. The highest BCUT2D eigenvalue weighted by Gasteiger charge is 2.21. The molecule has 22 heavy (non-hydrogen) atoms. The van der Waals surface area contributed by atoms with E-state index in [1.807, 2.05) is 11.3 Å². The van der Waals surface area contributed by atoms with Crippen molar-refractivity contribution in [2.75, 3.05) is 57.4 Å². The SMILES string of the molecule is CCNC(=NCC1CCOC1)N1CCN(c2cccs2)CC1. The fraction of sp³-hybridized carbons (Fsp3) is 0.688. The molecule has 2 saturated heterocycles. The quantitative estimate of drug-likeness (QED) is 0.679. The van der Waals surface area contributed by atoms with Crippen LogP contribution < -0.4 is 10.2 Å². The summed E-state index contributed by atoms with van der Waals surface area (Å²) in [6.07, 6.45) is 1.15. The van der Waals surface area contributed by atoms with Gasteiger partial charge >= 0.3 is 0 Å². The van der Waals surface area contributed by atoms with Crippen molar-refractivity contribution in [2.45, 2.75) is 13.3 Å². The first kappa shape index (κ1) is 15.6. The van der Waals surface area contributed by atoms with Crippen LogP contribution in [0.5, 0.6) is 0 Å². The third kappa shape index (κ3) is 3.93. The number of aliphatic imine (C=N–C) groups is 1. The van der Waals surface area contributed by atoms with E-state index in [-0.39, 0.29) is 0 Å². The normalized spacial score (nSPS) is 23.1. The fourth-order valence-corrected chi connectivity index (χ4v) is 3.74. The van der Waals surface area contributed by atoms with Gasteiger partial charge in [0.2, 0.25) is 0 Å². The molecule has 1 aromatic heterocycles. The number of hydrogen-bond acceptors (Lipinski definition) is 4. The Balaban J connectivity index is 1.54. The summed E-state index contributed by atoms with van der Waals surface area (Å²) < 4.78 is 5.44. The number of guanidine groups is 1. The molecule has 0 bridgehead atoms. The summed E-state index contributed by atoms with van der Waals surface area (Å²) in [7, 11) is 0. The van der Waals surface area contributed by atoms with Crippen molar-refractivity contribution in [2.24, 2.45) is 10.9 Å². The monoisotopic (exact) mass is 322 g/mol. The first-order valence-electron chi connectivity index (χ1n) is 8.26. The lowest BCUT2D eigenvalue weighted by atomic mass is 10.1. The fourth-order valence-electron chi connectivity index (χ4n) is 2.96. The molecule has 0 aromatic carbocycles. The Morgan fingerprint density at radius 3 is 2.91 bits per heavy atom. The van der Waals surface area contributed by atoms with Crippen molar-refractivity contribution >= 4 is 22.3 Å². The van der Waals surface area contributed by atoms with Crippen LogP contribution in [0.25, 0.3) is 0 Å². The van der Waals surface area contributed by atoms with Gasteiger partial charge in [0.1, 0.15) is 0 Å². The third-order valence-electron chi connectivity index (χ3n) is 4.26. The maximum atomic E-state index is 5.44. The molecular weight excluding hydrogens is 296 g/mol. The van der Waals surface area contributed by atoms with E-state index in [2.05, 4.69) is 39.6 Å². The molecule has 1 N–H and O–H groups in total. The summed E-state index contributed by atoms with van der Waals surface area (Å²) in [5.41, 5.74) is 0. The third-order valence-corrected chi connectivity index (χ3v) is 5.18. The number of ether oxygens (including phenoxy) is 1. The van der Waals surface area contributed by atoms with Crippen LogP contribution >= 0.6 is 11.3 Å². The molecule has 0 spiro atoms. The Morgan fingerprint density at radius 1 is 1.41 bits per heavy atom. The smallest absolute Gasteiger partial charge is 0.194 e. The van der Waals surface area contributed by atoms with E-state index in [0.717, 1.165) is 64.9 Å². The van der Waals surface area contributed by atoms with Crippen molar-refractivity contribution in [1.82, 2.24) is 10.2 Å². The van der Waals surface area contributed by atoms with Crippen LogP contribution in [-0.2, 0) is 4.74 Å². The lowest BCUT2D eigenvalue weighted by Crippen LogP contribution is -2.52. The van der Waals surface area contributed by atoms with E-state index < -0.39 is 0 Å². The van der Waals surface area contributed by atoms with Crippen molar-refractivity contribution in [3.05, 3.63) is 17.5 Å². The molecule has 3 rings (SSSR count). The van der Waals surface area contributed by atoms with Crippen molar-refractivity contribution in [1.29, 1.82) is 0 Å². The number of anilines is 1. The van der Waals surface area contributed by atoms with Crippen LogP contribution in [0.1, 0.15) is 13.3 Å². The van der Waals surface area contributed by atoms with E-state index in [1.165, 1.54) is 5.00 Å². The molecule has 0 radical (unpaired) electrons. The number of hydrogen-bond donors (Lipinski definition) is 1. The number of piperazine rings is 1. The van der Waals surface area contributed by atoms with Crippen LogP contribution in [0.2, 0.25) is 0 Å². The summed E-state index contributed by atoms with van der Waals surface area (Å²) >= 11 is 1.82. The molecule has 1 atom stereocenters. The van der Waals surface area contributed by atoms with Crippen LogP contribution in [0, 0.1) is 5.92 Å².